The van der Waals surface area contributed by atoms with Crippen molar-refractivity contribution >= 4 is 21.6 Å². The van der Waals surface area contributed by atoms with E-state index in [-0.39, 0.29) is 11.9 Å². The molecule has 0 heterocycles. The molecule has 0 amide bonds. The second-order valence-corrected chi connectivity index (χ2v) is 6.24. The molecule has 0 saturated heterocycles. The van der Waals surface area contributed by atoms with E-state index in [1.807, 2.05) is 27.1 Å². The number of nitrogens with zero attached hydrogens (tertiary/aromatic N) is 1. The van der Waals surface area contributed by atoms with E-state index in [1.165, 1.54) is 17.3 Å². The fourth-order valence-electron chi connectivity index (χ4n) is 2.14. The second kappa shape index (κ2) is 7.05. The van der Waals surface area contributed by atoms with Gasteiger partial charge in [-0.15, -0.1) is 0 Å². The third kappa shape index (κ3) is 4.29. The van der Waals surface area contributed by atoms with Crippen molar-refractivity contribution in [1.29, 1.82) is 0 Å². The predicted octanol–water partition coefficient (Wildman–Crippen LogP) is 4.51. The molecule has 0 aliphatic carbocycles. The smallest absolute Gasteiger partial charge is 0.128 e. The Morgan fingerprint density at radius 2 is 1.81 bits per heavy atom. The molecule has 0 spiro atoms. The topological polar surface area (TPSA) is 15.3 Å². The lowest BCUT2D eigenvalue weighted by Crippen LogP contribution is -2.19. The molecular weight excluding hydrogens is 331 g/mol. The average Bonchev–Trinajstić information content (AvgIpc) is 2.47. The highest BCUT2D eigenvalue weighted by molar-refractivity contribution is 9.10. The van der Waals surface area contributed by atoms with Crippen LogP contribution in [0, 0.1) is 5.82 Å². The largest absolute Gasteiger partial charge is 0.378 e. The SMILES string of the molecule is CC(NCc1ccc(N(C)C)cc1)c1cc(Br)ccc1F. The maximum Gasteiger partial charge on any atom is 0.128 e. The van der Waals surface area contributed by atoms with Gasteiger partial charge in [0, 0.05) is 42.4 Å². The van der Waals surface area contributed by atoms with Crippen molar-refractivity contribution in [2.75, 3.05) is 19.0 Å². The minimum absolute atomic E-state index is 0.0453. The summed E-state index contributed by atoms with van der Waals surface area (Å²) in [5.74, 6) is -0.179. The molecule has 1 unspecified atom stereocenters. The molecule has 0 aromatic heterocycles. The molecule has 2 nitrogen and oxygen atoms in total. The molecule has 2 aromatic carbocycles. The van der Waals surface area contributed by atoms with Crippen molar-refractivity contribution in [2.24, 2.45) is 0 Å². The highest BCUT2D eigenvalue weighted by atomic mass is 79.9. The van der Waals surface area contributed by atoms with Crippen LogP contribution in [0.5, 0.6) is 0 Å². The summed E-state index contributed by atoms with van der Waals surface area (Å²) < 4.78 is 14.7. The van der Waals surface area contributed by atoms with Gasteiger partial charge >= 0.3 is 0 Å². The summed E-state index contributed by atoms with van der Waals surface area (Å²) in [6.45, 7) is 2.68. The summed E-state index contributed by atoms with van der Waals surface area (Å²) in [7, 11) is 4.04. The number of halogens is 2. The van der Waals surface area contributed by atoms with E-state index >= 15 is 0 Å². The molecule has 0 aliphatic heterocycles. The lowest BCUT2D eigenvalue weighted by atomic mass is 10.1. The number of benzene rings is 2. The van der Waals surface area contributed by atoms with Crippen molar-refractivity contribution in [2.45, 2.75) is 19.5 Å². The van der Waals surface area contributed by atoms with Crippen LogP contribution in [0.15, 0.2) is 46.9 Å². The van der Waals surface area contributed by atoms with Gasteiger partial charge in [0.1, 0.15) is 5.82 Å². The number of rotatable bonds is 5. The van der Waals surface area contributed by atoms with Crippen LogP contribution in [0.25, 0.3) is 0 Å². The summed E-state index contributed by atoms with van der Waals surface area (Å²) >= 11 is 3.38. The first-order chi connectivity index (χ1) is 9.97. The molecule has 1 N–H and O–H groups in total. The van der Waals surface area contributed by atoms with E-state index in [1.54, 1.807) is 6.07 Å². The van der Waals surface area contributed by atoms with E-state index in [0.717, 1.165) is 4.47 Å². The molecule has 112 valence electrons. The summed E-state index contributed by atoms with van der Waals surface area (Å²) in [5, 5.41) is 3.36. The predicted molar refractivity (Wildman–Crippen MR) is 90.1 cm³/mol. The van der Waals surface area contributed by atoms with Crippen LogP contribution in [0.4, 0.5) is 10.1 Å². The van der Waals surface area contributed by atoms with Gasteiger partial charge in [-0.05, 0) is 42.8 Å². The fraction of sp³-hybridized carbons (Fsp3) is 0.294. The summed E-state index contributed by atoms with van der Waals surface area (Å²) in [6.07, 6.45) is 0. The molecule has 0 fully saturated rings. The van der Waals surface area contributed by atoms with Crippen LogP contribution in [-0.2, 0) is 6.54 Å². The Morgan fingerprint density at radius 1 is 1.14 bits per heavy atom. The Labute approximate surface area is 134 Å². The van der Waals surface area contributed by atoms with Gasteiger partial charge in [-0.1, -0.05) is 28.1 Å². The molecular formula is C17H20BrFN2. The highest BCUT2D eigenvalue weighted by Crippen LogP contribution is 2.22. The lowest BCUT2D eigenvalue weighted by molar-refractivity contribution is 0.528. The van der Waals surface area contributed by atoms with Gasteiger partial charge in [0.05, 0.1) is 0 Å². The van der Waals surface area contributed by atoms with E-state index in [4.69, 9.17) is 0 Å². The fourth-order valence-corrected chi connectivity index (χ4v) is 2.52. The molecule has 0 radical (unpaired) electrons. The maximum atomic E-state index is 13.8. The Hall–Kier alpha value is -1.39. The minimum atomic E-state index is -0.179. The van der Waals surface area contributed by atoms with Crippen molar-refractivity contribution < 1.29 is 4.39 Å². The van der Waals surface area contributed by atoms with E-state index in [2.05, 4.69) is 50.4 Å². The highest BCUT2D eigenvalue weighted by Gasteiger charge is 2.11. The quantitative estimate of drug-likeness (QED) is 0.853. The van der Waals surface area contributed by atoms with Crippen LogP contribution in [0.1, 0.15) is 24.1 Å². The molecule has 4 heteroatoms. The molecule has 1 atom stereocenters. The first-order valence-corrected chi connectivity index (χ1v) is 7.71. The molecule has 0 saturated carbocycles. The monoisotopic (exact) mass is 350 g/mol. The van der Waals surface area contributed by atoms with Crippen molar-refractivity contribution in [1.82, 2.24) is 5.32 Å². The van der Waals surface area contributed by atoms with Gasteiger partial charge in [-0.2, -0.15) is 0 Å². The standard InChI is InChI=1S/C17H20BrFN2/c1-12(16-10-14(18)6-9-17(16)19)20-11-13-4-7-15(8-5-13)21(2)3/h4-10,12,20H,11H2,1-3H3. The van der Waals surface area contributed by atoms with Gasteiger partial charge in [-0.3, -0.25) is 0 Å². The van der Waals surface area contributed by atoms with Gasteiger partial charge in [0.25, 0.3) is 0 Å². The Bertz CT molecular complexity index is 596. The zero-order valence-electron chi connectivity index (χ0n) is 12.5. The summed E-state index contributed by atoms with van der Waals surface area (Å²) in [4.78, 5) is 2.07. The van der Waals surface area contributed by atoms with Gasteiger partial charge < -0.3 is 10.2 Å². The van der Waals surface area contributed by atoms with Crippen molar-refractivity contribution in [3.63, 3.8) is 0 Å². The molecule has 2 aromatic rings. The van der Waals surface area contributed by atoms with Gasteiger partial charge in [0.2, 0.25) is 0 Å². The van der Waals surface area contributed by atoms with Crippen LogP contribution in [-0.4, -0.2) is 14.1 Å². The zero-order valence-corrected chi connectivity index (χ0v) is 14.1. The number of nitrogens with one attached hydrogen (secondary N) is 1. The van der Waals surface area contributed by atoms with Crippen molar-refractivity contribution in [3.05, 3.63) is 63.9 Å². The number of hydrogen-bond acceptors (Lipinski definition) is 2. The average molecular weight is 351 g/mol. The van der Waals surface area contributed by atoms with E-state index in [0.29, 0.717) is 12.1 Å². The van der Waals surface area contributed by atoms with Gasteiger partial charge in [-0.25, -0.2) is 4.39 Å². The van der Waals surface area contributed by atoms with E-state index in [9.17, 15) is 4.39 Å². The third-order valence-electron chi connectivity index (χ3n) is 3.49. The van der Waals surface area contributed by atoms with Gasteiger partial charge in [0.15, 0.2) is 0 Å². The first-order valence-electron chi connectivity index (χ1n) is 6.92. The molecule has 0 aliphatic rings. The first kappa shape index (κ1) is 16.0. The van der Waals surface area contributed by atoms with E-state index < -0.39 is 0 Å². The second-order valence-electron chi connectivity index (χ2n) is 5.33. The van der Waals surface area contributed by atoms with Crippen LogP contribution in [0.2, 0.25) is 0 Å². The normalized spacial score (nSPS) is 12.2. The zero-order chi connectivity index (χ0) is 15.4. The van der Waals surface area contributed by atoms with Crippen LogP contribution < -0.4 is 10.2 Å². The lowest BCUT2D eigenvalue weighted by Gasteiger charge is -2.16. The van der Waals surface area contributed by atoms with Crippen molar-refractivity contribution in [3.8, 4) is 0 Å². The van der Waals surface area contributed by atoms with Crippen LogP contribution >= 0.6 is 15.9 Å². The number of anilines is 1. The summed E-state index contributed by atoms with van der Waals surface area (Å²) in [5.41, 5.74) is 3.03. The molecule has 21 heavy (non-hydrogen) atoms. The number of hydrogen-bond donors (Lipinski definition) is 1. The maximum absolute atomic E-state index is 13.8. The Kier molecular flexibility index (Phi) is 5.37. The molecule has 0 bridgehead atoms. The third-order valence-corrected chi connectivity index (χ3v) is 3.98. The minimum Gasteiger partial charge on any atom is -0.378 e. The Balaban J connectivity index is 2.00. The molecule has 2 rings (SSSR count). The van der Waals surface area contributed by atoms with Crippen LogP contribution in [0.3, 0.4) is 0 Å². The summed E-state index contributed by atoms with van der Waals surface area (Å²) in [6, 6.07) is 13.3. The Morgan fingerprint density at radius 3 is 2.43 bits per heavy atom.